The van der Waals surface area contributed by atoms with E-state index in [0.29, 0.717) is 18.9 Å². The van der Waals surface area contributed by atoms with E-state index in [9.17, 15) is 13.2 Å². The summed E-state index contributed by atoms with van der Waals surface area (Å²) in [6.45, 7) is 0.666. The van der Waals surface area contributed by atoms with Gasteiger partial charge in [0.2, 0.25) is 5.91 Å². The first-order valence-corrected chi connectivity index (χ1v) is 14.0. The Bertz CT molecular complexity index is 1230. The quantitative estimate of drug-likeness (QED) is 0.457. The van der Waals surface area contributed by atoms with Gasteiger partial charge < -0.3 is 9.47 Å². The molecule has 1 unspecified atom stereocenters. The maximum atomic E-state index is 13.4. The topological polar surface area (TPSA) is 85.2 Å². The van der Waals surface area contributed by atoms with Crippen molar-refractivity contribution in [1.29, 1.82) is 0 Å². The molecule has 172 valence electrons. The molecular formula is C24H26N4O3S2. The van der Waals surface area contributed by atoms with Crippen molar-refractivity contribution in [2.45, 2.75) is 42.9 Å². The molecule has 0 N–H and O–H groups in total. The lowest BCUT2D eigenvalue weighted by atomic mass is 10.2. The number of nitrogens with zero attached hydrogens (tertiary/aromatic N) is 4. The van der Waals surface area contributed by atoms with E-state index in [1.165, 1.54) is 11.8 Å². The molecule has 33 heavy (non-hydrogen) atoms. The minimum Gasteiger partial charge on any atom is -0.308 e. The summed E-state index contributed by atoms with van der Waals surface area (Å²) < 4.78 is 26.3. The van der Waals surface area contributed by atoms with E-state index in [1.807, 2.05) is 48.5 Å². The number of anilines is 1. The van der Waals surface area contributed by atoms with E-state index < -0.39 is 9.84 Å². The first-order valence-electron chi connectivity index (χ1n) is 11.2. The van der Waals surface area contributed by atoms with Crippen molar-refractivity contribution in [1.82, 2.24) is 14.8 Å². The van der Waals surface area contributed by atoms with Gasteiger partial charge in [-0.15, -0.1) is 10.2 Å². The van der Waals surface area contributed by atoms with Gasteiger partial charge in [-0.1, -0.05) is 60.3 Å². The molecule has 0 bridgehead atoms. The van der Waals surface area contributed by atoms with E-state index in [4.69, 9.17) is 0 Å². The molecule has 2 fully saturated rings. The SMILES string of the molecule is O=C(CSc1nnc(C2CC2)n1Cc1ccccc1)N(c1ccccc1)C1CCS(=O)(=O)C1. The average molecular weight is 483 g/mol. The summed E-state index contributed by atoms with van der Waals surface area (Å²) >= 11 is 1.37. The van der Waals surface area contributed by atoms with Crippen LogP contribution in [0.15, 0.2) is 65.8 Å². The fraction of sp³-hybridized carbons (Fsp3) is 0.375. The van der Waals surface area contributed by atoms with Crippen molar-refractivity contribution >= 4 is 33.2 Å². The van der Waals surface area contributed by atoms with Crippen LogP contribution in [0.5, 0.6) is 0 Å². The van der Waals surface area contributed by atoms with Gasteiger partial charge >= 0.3 is 0 Å². The highest BCUT2D eigenvalue weighted by atomic mass is 32.2. The Hall–Kier alpha value is -2.65. The van der Waals surface area contributed by atoms with E-state index >= 15 is 0 Å². The third-order valence-corrected chi connectivity index (χ3v) is 8.77. The van der Waals surface area contributed by atoms with Crippen molar-refractivity contribution in [3.05, 3.63) is 72.1 Å². The number of aromatic nitrogens is 3. The average Bonchev–Trinajstić information content (AvgIpc) is 3.49. The normalized spacial score (nSPS) is 19.5. The van der Waals surface area contributed by atoms with Crippen LogP contribution in [0.25, 0.3) is 0 Å². The molecule has 0 spiro atoms. The van der Waals surface area contributed by atoms with Gasteiger partial charge in [0, 0.05) is 11.6 Å². The van der Waals surface area contributed by atoms with Gasteiger partial charge in [-0.05, 0) is 37.0 Å². The lowest BCUT2D eigenvalue weighted by molar-refractivity contribution is -0.116. The zero-order valence-corrected chi connectivity index (χ0v) is 19.8. The van der Waals surface area contributed by atoms with Crippen LogP contribution in [0.3, 0.4) is 0 Å². The number of benzene rings is 2. The standard InChI is InChI=1S/C24H26N4O3S2/c29-22(28(20-9-5-2-6-10-20)21-13-14-33(30,31)17-21)16-32-24-26-25-23(19-11-12-19)27(24)15-18-7-3-1-4-8-18/h1-10,19,21H,11-17H2. The van der Waals surface area contributed by atoms with Gasteiger partial charge in [-0.2, -0.15) is 0 Å². The van der Waals surface area contributed by atoms with Crippen molar-refractivity contribution in [3.8, 4) is 0 Å². The molecule has 2 aromatic carbocycles. The Morgan fingerprint density at radius 2 is 1.70 bits per heavy atom. The molecule has 2 aliphatic rings. The van der Waals surface area contributed by atoms with Gasteiger partial charge in [-0.3, -0.25) is 4.79 Å². The third-order valence-electron chi connectivity index (χ3n) is 6.07. The fourth-order valence-corrected chi connectivity index (χ4v) is 6.79. The molecule has 1 aliphatic heterocycles. The molecule has 1 saturated heterocycles. The Labute approximate surface area is 198 Å². The first-order chi connectivity index (χ1) is 16.0. The lowest BCUT2D eigenvalue weighted by Crippen LogP contribution is -2.42. The van der Waals surface area contributed by atoms with Gasteiger partial charge in [0.25, 0.3) is 0 Å². The van der Waals surface area contributed by atoms with Gasteiger partial charge in [0.1, 0.15) is 5.82 Å². The molecular weight excluding hydrogens is 456 g/mol. The van der Waals surface area contributed by atoms with Crippen LogP contribution in [0.2, 0.25) is 0 Å². The van der Waals surface area contributed by atoms with E-state index in [1.54, 1.807) is 4.90 Å². The van der Waals surface area contributed by atoms with Crippen LogP contribution in [0.4, 0.5) is 5.69 Å². The van der Waals surface area contributed by atoms with Crippen molar-refractivity contribution in [2.24, 2.45) is 0 Å². The molecule has 2 heterocycles. The summed E-state index contributed by atoms with van der Waals surface area (Å²) in [5, 5.41) is 9.57. The molecule has 1 saturated carbocycles. The maximum Gasteiger partial charge on any atom is 0.237 e. The van der Waals surface area contributed by atoms with Gasteiger partial charge in [-0.25, -0.2) is 8.42 Å². The highest BCUT2D eigenvalue weighted by Crippen LogP contribution is 2.40. The van der Waals surface area contributed by atoms with Crippen LogP contribution in [-0.4, -0.2) is 52.4 Å². The maximum absolute atomic E-state index is 13.4. The van der Waals surface area contributed by atoms with E-state index in [0.717, 1.165) is 35.1 Å². The molecule has 5 rings (SSSR count). The van der Waals surface area contributed by atoms with E-state index in [2.05, 4.69) is 26.9 Å². The zero-order valence-electron chi connectivity index (χ0n) is 18.2. The Balaban J connectivity index is 1.36. The van der Waals surface area contributed by atoms with Gasteiger partial charge in [0.15, 0.2) is 15.0 Å². The van der Waals surface area contributed by atoms with Crippen LogP contribution in [0.1, 0.15) is 36.6 Å². The molecule has 3 aromatic rings. The minimum atomic E-state index is -3.12. The molecule has 1 amide bonds. The third kappa shape index (κ3) is 5.14. The monoisotopic (exact) mass is 482 g/mol. The molecule has 1 atom stereocenters. The Morgan fingerprint density at radius 1 is 1.00 bits per heavy atom. The van der Waals surface area contributed by atoms with Crippen LogP contribution in [-0.2, 0) is 21.2 Å². The summed E-state index contributed by atoms with van der Waals surface area (Å²) in [7, 11) is -3.12. The highest BCUT2D eigenvalue weighted by Gasteiger charge is 2.36. The van der Waals surface area contributed by atoms with Crippen molar-refractivity contribution in [3.63, 3.8) is 0 Å². The summed E-state index contributed by atoms with van der Waals surface area (Å²) in [6, 6.07) is 19.2. The number of hydrogen-bond donors (Lipinski definition) is 0. The number of carbonyl (C=O) groups is 1. The second kappa shape index (κ2) is 9.30. The Kier molecular flexibility index (Phi) is 6.25. The second-order valence-corrected chi connectivity index (χ2v) is 11.8. The zero-order chi connectivity index (χ0) is 22.8. The number of thioether (sulfide) groups is 1. The summed E-state index contributed by atoms with van der Waals surface area (Å²) in [4.78, 5) is 15.1. The molecule has 0 radical (unpaired) electrons. The Morgan fingerprint density at radius 3 is 2.33 bits per heavy atom. The number of sulfone groups is 1. The van der Waals surface area contributed by atoms with Crippen molar-refractivity contribution in [2.75, 3.05) is 22.2 Å². The van der Waals surface area contributed by atoms with Crippen LogP contribution >= 0.6 is 11.8 Å². The lowest BCUT2D eigenvalue weighted by Gasteiger charge is -2.28. The minimum absolute atomic E-state index is 0.00825. The van der Waals surface area contributed by atoms with Gasteiger partial charge in [0.05, 0.1) is 29.8 Å². The van der Waals surface area contributed by atoms with Crippen LogP contribution < -0.4 is 4.90 Å². The highest BCUT2D eigenvalue weighted by molar-refractivity contribution is 7.99. The molecule has 7 nitrogen and oxygen atoms in total. The van der Waals surface area contributed by atoms with E-state index in [-0.39, 0.29) is 29.2 Å². The fourth-order valence-electron chi connectivity index (χ4n) is 4.29. The molecule has 1 aliphatic carbocycles. The molecule has 9 heteroatoms. The summed E-state index contributed by atoms with van der Waals surface area (Å²) in [6.07, 6.45) is 2.70. The molecule has 1 aromatic heterocycles. The first kappa shape index (κ1) is 22.2. The number of hydrogen-bond acceptors (Lipinski definition) is 6. The summed E-state index contributed by atoms with van der Waals surface area (Å²) in [5.41, 5.74) is 1.89. The number of carbonyl (C=O) groups excluding carboxylic acids is 1. The largest absolute Gasteiger partial charge is 0.308 e. The predicted octanol–water partition coefficient (Wildman–Crippen LogP) is 3.52. The van der Waals surface area contributed by atoms with Crippen LogP contribution in [0, 0.1) is 0 Å². The summed E-state index contributed by atoms with van der Waals surface area (Å²) in [5.74, 6) is 1.61. The second-order valence-electron chi connectivity index (χ2n) is 8.63. The van der Waals surface area contributed by atoms with Crippen molar-refractivity contribution < 1.29 is 13.2 Å². The predicted molar refractivity (Wildman–Crippen MR) is 129 cm³/mol. The number of rotatable bonds is 8. The number of para-hydroxylation sites is 1. The smallest absolute Gasteiger partial charge is 0.237 e. The number of amides is 1.